The highest BCUT2D eigenvalue weighted by molar-refractivity contribution is 7.91. The molecule has 184 valence electrons. The zero-order valence-corrected chi connectivity index (χ0v) is 18.9. The molecule has 3 atom stereocenters. The normalized spacial score (nSPS) is 27.2. The Morgan fingerprint density at radius 2 is 2.03 bits per heavy atom. The van der Waals surface area contributed by atoms with Crippen LogP contribution in [0.1, 0.15) is 59.8 Å². The van der Waals surface area contributed by atoms with Gasteiger partial charge >= 0.3 is 6.18 Å². The number of aromatic nitrogens is 3. The molecule has 2 aromatic rings. The first kappa shape index (κ1) is 23.2. The Hall–Kier alpha value is -2.57. The highest BCUT2D eigenvalue weighted by atomic mass is 32.2. The van der Waals surface area contributed by atoms with Crippen LogP contribution in [0.15, 0.2) is 23.4 Å². The van der Waals surface area contributed by atoms with Crippen LogP contribution in [0.4, 0.5) is 27.6 Å². The van der Waals surface area contributed by atoms with Gasteiger partial charge in [-0.05, 0) is 43.2 Å². The number of alkyl halides is 5. The van der Waals surface area contributed by atoms with Crippen molar-refractivity contribution in [3.05, 3.63) is 35.3 Å². The lowest BCUT2D eigenvalue weighted by Gasteiger charge is -2.16. The molecule has 0 aromatic carbocycles. The number of carbonyl (C=O) groups is 1. The van der Waals surface area contributed by atoms with Crippen molar-refractivity contribution >= 4 is 21.3 Å². The fourth-order valence-electron chi connectivity index (χ4n) is 5.00. The van der Waals surface area contributed by atoms with Gasteiger partial charge in [0.05, 0.1) is 15.4 Å². The topological polar surface area (TPSA) is 101 Å². The summed E-state index contributed by atoms with van der Waals surface area (Å²) in [6.45, 7) is -0.192. The smallest absolute Gasteiger partial charge is 0.320 e. The van der Waals surface area contributed by atoms with Gasteiger partial charge in [0.25, 0.3) is 11.8 Å². The molecule has 0 radical (unpaired) electrons. The molecule has 0 aliphatic heterocycles. The van der Waals surface area contributed by atoms with E-state index in [1.165, 1.54) is 12.3 Å². The Bertz CT molecular complexity index is 1280. The number of rotatable bonds is 6. The summed E-state index contributed by atoms with van der Waals surface area (Å²) < 4.78 is 91.2. The van der Waals surface area contributed by atoms with Crippen LogP contribution in [0.3, 0.4) is 0 Å². The summed E-state index contributed by atoms with van der Waals surface area (Å²) in [5.41, 5.74) is -2.93. The number of anilines is 1. The third kappa shape index (κ3) is 3.97. The van der Waals surface area contributed by atoms with Crippen LogP contribution >= 0.6 is 0 Å². The summed E-state index contributed by atoms with van der Waals surface area (Å²) in [4.78, 5) is 17.0. The molecule has 1 amide bonds. The molecular formula is C21H22F5N5O2S. The molecule has 3 fully saturated rings. The van der Waals surface area contributed by atoms with E-state index in [1.807, 2.05) is 0 Å². The van der Waals surface area contributed by atoms with Crippen molar-refractivity contribution in [2.45, 2.75) is 61.7 Å². The number of pyridine rings is 1. The minimum Gasteiger partial charge on any atom is -0.320 e. The molecule has 0 saturated heterocycles. The second-order valence-electron chi connectivity index (χ2n) is 9.60. The van der Waals surface area contributed by atoms with Gasteiger partial charge in [-0.2, -0.15) is 18.3 Å². The summed E-state index contributed by atoms with van der Waals surface area (Å²) in [7, 11) is -3.22. The largest absolute Gasteiger partial charge is 0.420 e. The molecule has 3 saturated carbocycles. The molecule has 3 unspecified atom stereocenters. The minimum absolute atomic E-state index is 0.0144. The number of hydrogen-bond acceptors (Lipinski definition) is 5. The third-order valence-corrected chi connectivity index (χ3v) is 7.98. The van der Waals surface area contributed by atoms with Crippen molar-refractivity contribution in [2.75, 3.05) is 11.6 Å². The zero-order chi connectivity index (χ0) is 24.7. The van der Waals surface area contributed by atoms with E-state index in [9.17, 15) is 31.0 Å². The Morgan fingerprint density at radius 1 is 1.32 bits per heavy atom. The minimum atomic E-state index is -4.87. The van der Waals surface area contributed by atoms with Gasteiger partial charge in [-0.15, -0.1) is 0 Å². The van der Waals surface area contributed by atoms with E-state index in [0.29, 0.717) is 12.8 Å². The van der Waals surface area contributed by atoms with Crippen LogP contribution < -0.4 is 5.32 Å². The standard InChI is InChI=1S/C21H22F5N5O2S/c1-34(27,33)14-8-12(4-7-28-14)29-18(32)17-15(21(24,25)26)16(11-2-3-11)30-31(17)10-19-5-6-20(22,23)13(19)9-19/h4,7-8,11,13,27H,2-3,5-6,9-10H2,1H3,(H,28,29,32). The second kappa shape index (κ2) is 7.22. The maximum atomic E-state index is 14.1. The van der Waals surface area contributed by atoms with Crippen LogP contribution in [0.5, 0.6) is 0 Å². The Labute approximate surface area is 192 Å². The molecule has 13 heteroatoms. The number of carbonyl (C=O) groups excluding carboxylic acids is 1. The molecular weight excluding hydrogens is 481 g/mol. The Balaban J connectivity index is 1.54. The predicted octanol–water partition coefficient (Wildman–Crippen LogP) is 4.90. The van der Waals surface area contributed by atoms with Gasteiger partial charge in [0.2, 0.25) is 0 Å². The van der Waals surface area contributed by atoms with Gasteiger partial charge in [0.1, 0.15) is 16.3 Å². The third-order valence-electron chi connectivity index (χ3n) is 6.95. The van der Waals surface area contributed by atoms with E-state index < -0.39 is 56.2 Å². The van der Waals surface area contributed by atoms with Crippen LogP contribution in [0.25, 0.3) is 0 Å². The van der Waals surface area contributed by atoms with Gasteiger partial charge in [0, 0.05) is 42.9 Å². The summed E-state index contributed by atoms with van der Waals surface area (Å²) in [6, 6.07) is 2.46. The molecule has 0 spiro atoms. The van der Waals surface area contributed by atoms with E-state index in [1.54, 1.807) is 0 Å². The summed E-state index contributed by atoms with van der Waals surface area (Å²) in [6.07, 6.45) is -1.52. The van der Waals surface area contributed by atoms with Gasteiger partial charge in [-0.1, -0.05) is 0 Å². The summed E-state index contributed by atoms with van der Waals surface area (Å²) in [5, 5.41) is 6.37. The molecule has 2 N–H and O–H groups in total. The lowest BCUT2D eigenvalue weighted by atomic mass is 10.0. The average Bonchev–Trinajstić information content (AvgIpc) is 3.62. The number of fused-ring (bicyclic) bond motifs is 1. The monoisotopic (exact) mass is 503 g/mol. The van der Waals surface area contributed by atoms with Crippen molar-refractivity contribution in [3.8, 4) is 0 Å². The Kier molecular flexibility index (Phi) is 4.92. The maximum Gasteiger partial charge on any atom is 0.420 e. The number of halogens is 5. The average molecular weight is 503 g/mol. The first-order valence-electron chi connectivity index (χ1n) is 10.8. The van der Waals surface area contributed by atoms with Gasteiger partial charge in [-0.25, -0.2) is 22.8 Å². The van der Waals surface area contributed by atoms with Crippen molar-refractivity contribution in [1.82, 2.24) is 14.8 Å². The summed E-state index contributed by atoms with van der Waals surface area (Å²) >= 11 is 0. The van der Waals surface area contributed by atoms with E-state index in [-0.39, 0.29) is 42.2 Å². The van der Waals surface area contributed by atoms with Gasteiger partial charge in [-0.3, -0.25) is 9.48 Å². The highest BCUT2D eigenvalue weighted by Gasteiger charge is 2.70. The van der Waals surface area contributed by atoms with Crippen molar-refractivity contribution in [2.24, 2.45) is 11.3 Å². The van der Waals surface area contributed by atoms with Crippen molar-refractivity contribution < 1.29 is 31.0 Å². The SMILES string of the molecule is CS(=N)(=O)c1cc(NC(=O)c2c(C(F)(F)F)c(C3CC3)nn2CC23CCC(F)(F)C2C3)ccn1. The second-order valence-corrected chi connectivity index (χ2v) is 11.7. The molecule has 3 aliphatic carbocycles. The molecule has 5 rings (SSSR count). The molecule has 2 aromatic heterocycles. The number of nitrogens with one attached hydrogen (secondary N) is 2. The van der Waals surface area contributed by atoms with Crippen LogP contribution in [0.2, 0.25) is 0 Å². The fraction of sp³-hybridized carbons (Fsp3) is 0.571. The fourth-order valence-corrected chi connectivity index (χ4v) is 5.62. The van der Waals surface area contributed by atoms with Crippen LogP contribution in [-0.4, -0.2) is 37.1 Å². The van der Waals surface area contributed by atoms with Crippen molar-refractivity contribution in [3.63, 3.8) is 0 Å². The number of hydrogen-bond donors (Lipinski definition) is 2. The molecule has 34 heavy (non-hydrogen) atoms. The van der Waals surface area contributed by atoms with Gasteiger partial charge in [0.15, 0.2) is 0 Å². The van der Waals surface area contributed by atoms with Crippen LogP contribution in [0, 0.1) is 16.1 Å². The van der Waals surface area contributed by atoms with E-state index in [2.05, 4.69) is 15.4 Å². The van der Waals surface area contributed by atoms with E-state index in [4.69, 9.17) is 4.78 Å². The summed E-state index contributed by atoms with van der Waals surface area (Å²) in [5.74, 6) is -5.31. The first-order chi connectivity index (χ1) is 15.7. The highest BCUT2D eigenvalue weighted by Crippen LogP contribution is 2.70. The van der Waals surface area contributed by atoms with E-state index >= 15 is 0 Å². The number of amides is 1. The molecule has 2 heterocycles. The molecule has 7 nitrogen and oxygen atoms in total. The van der Waals surface area contributed by atoms with Crippen molar-refractivity contribution in [1.29, 1.82) is 4.78 Å². The quantitative estimate of drug-likeness (QED) is 0.548. The predicted molar refractivity (Wildman–Crippen MR) is 111 cm³/mol. The Morgan fingerprint density at radius 3 is 2.56 bits per heavy atom. The van der Waals surface area contributed by atoms with Crippen LogP contribution in [-0.2, 0) is 22.5 Å². The molecule has 3 aliphatic rings. The number of nitrogens with zero attached hydrogens (tertiary/aromatic N) is 3. The van der Waals surface area contributed by atoms with Gasteiger partial charge < -0.3 is 5.32 Å². The first-order valence-corrected chi connectivity index (χ1v) is 12.7. The maximum absolute atomic E-state index is 14.1. The molecule has 0 bridgehead atoms. The lowest BCUT2D eigenvalue weighted by Crippen LogP contribution is -2.25. The zero-order valence-electron chi connectivity index (χ0n) is 18.1. The van der Waals surface area contributed by atoms with E-state index in [0.717, 1.165) is 17.0 Å². The lowest BCUT2D eigenvalue weighted by molar-refractivity contribution is -0.138.